The van der Waals surface area contributed by atoms with E-state index in [2.05, 4.69) is 5.32 Å². The largest absolute Gasteiger partial charge is 0.395 e. The van der Waals surface area contributed by atoms with Gasteiger partial charge in [0.1, 0.15) is 5.70 Å². The summed E-state index contributed by atoms with van der Waals surface area (Å²) in [7, 11) is 0. The molecule has 10 heteroatoms. The standard InChI is InChI=1S/C18H14ClN3O5S/c19-11-1-3-14(4-2-11)28-15-8-12(7-13(9-15)22(26)27)20-16-10-17(24)21(5-6-23)18(16)25/h1-4,7-10,20,23H,5-6H2. The summed E-state index contributed by atoms with van der Waals surface area (Å²) in [6.45, 7) is -0.469. The number of non-ortho nitro benzene ring substituents is 1. The van der Waals surface area contributed by atoms with E-state index in [4.69, 9.17) is 16.7 Å². The van der Waals surface area contributed by atoms with E-state index in [9.17, 15) is 19.7 Å². The first-order valence-corrected chi connectivity index (χ1v) is 9.25. The Hall–Kier alpha value is -2.88. The fourth-order valence-electron chi connectivity index (χ4n) is 2.52. The maximum atomic E-state index is 12.2. The lowest BCUT2D eigenvalue weighted by Gasteiger charge is -2.13. The van der Waals surface area contributed by atoms with Crippen molar-refractivity contribution in [1.82, 2.24) is 4.90 Å². The highest BCUT2D eigenvalue weighted by molar-refractivity contribution is 7.99. The van der Waals surface area contributed by atoms with E-state index < -0.39 is 16.7 Å². The van der Waals surface area contributed by atoms with Gasteiger partial charge >= 0.3 is 0 Å². The highest BCUT2D eigenvalue weighted by Gasteiger charge is 2.30. The molecule has 1 aliphatic heterocycles. The van der Waals surface area contributed by atoms with Crippen LogP contribution in [0.1, 0.15) is 0 Å². The summed E-state index contributed by atoms with van der Waals surface area (Å²) in [5.41, 5.74) is 0.122. The Morgan fingerprint density at radius 1 is 1.14 bits per heavy atom. The monoisotopic (exact) mass is 419 g/mol. The number of nitrogens with zero attached hydrogens (tertiary/aromatic N) is 2. The summed E-state index contributed by atoms with van der Waals surface area (Å²) in [5, 5.41) is 23.6. The topological polar surface area (TPSA) is 113 Å². The Labute approximate surface area is 168 Å². The van der Waals surface area contributed by atoms with E-state index >= 15 is 0 Å². The summed E-state index contributed by atoms with van der Waals surface area (Å²) in [5.74, 6) is -1.15. The van der Waals surface area contributed by atoms with Crippen LogP contribution in [-0.4, -0.2) is 39.9 Å². The zero-order valence-corrected chi connectivity index (χ0v) is 15.9. The van der Waals surface area contributed by atoms with Gasteiger partial charge in [0.05, 0.1) is 18.1 Å². The van der Waals surface area contributed by atoms with Gasteiger partial charge in [0.15, 0.2) is 0 Å². The molecule has 2 aromatic rings. The number of carbonyl (C=O) groups excluding carboxylic acids is 2. The van der Waals surface area contributed by atoms with Crippen molar-refractivity contribution in [3.05, 3.63) is 69.4 Å². The molecule has 3 rings (SSSR count). The fourth-order valence-corrected chi connectivity index (χ4v) is 3.56. The predicted octanol–water partition coefficient (Wildman–Crippen LogP) is 3.06. The molecule has 28 heavy (non-hydrogen) atoms. The van der Waals surface area contributed by atoms with E-state index in [0.717, 1.165) is 15.9 Å². The van der Waals surface area contributed by atoms with Crippen molar-refractivity contribution in [3.8, 4) is 0 Å². The highest BCUT2D eigenvalue weighted by atomic mass is 35.5. The molecule has 1 heterocycles. The molecule has 144 valence electrons. The number of carbonyl (C=O) groups is 2. The molecule has 0 radical (unpaired) electrons. The fraction of sp³-hybridized carbons (Fsp3) is 0.111. The molecule has 0 atom stereocenters. The average Bonchev–Trinajstić information content (AvgIpc) is 2.91. The lowest BCUT2D eigenvalue weighted by molar-refractivity contribution is -0.385. The van der Waals surface area contributed by atoms with Crippen LogP contribution in [0.25, 0.3) is 0 Å². The molecule has 0 aromatic heterocycles. The number of benzene rings is 2. The lowest BCUT2D eigenvalue weighted by Crippen LogP contribution is -2.34. The van der Waals surface area contributed by atoms with Gasteiger partial charge in [-0.1, -0.05) is 23.4 Å². The minimum Gasteiger partial charge on any atom is -0.395 e. The number of aliphatic hydroxyl groups is 1. The molecule has 2 amide bonds. The summed E-state index contributed by atoms with van der Waals surface area (Å²) in [6.07, 6.45) is 1.10. The van der Waals surface area contributed by atoms with Crippen molar-refractivity contribution in [2.45, 2.75) is 9.79 Å². The minimum atomic E-state index is -0.600. The van der Waals surface area contributed by atoms with Crippen molar-refractivity contribution in [2.75, 3.05) is 18.5 Å². The Bertz CT molecular complexity index is 978. The van der Waals surface area contributed by atoms with Gasteiger partial charge in [0.2, 0.25) is 0 Å². The molecule has 0 fully saturated rings. The van der Waals surface area contributed by atoms with Gasteiger partial charge in [-0.2, -0.15) is 0 Å². The Balaban J connectivity index is 1.86. The van der Waals surface area contributed by atoms with Crippen LogP contribution in [0.4, 0.5) is 11.4 Å². The Kier molecular flexibility index (Phi) is 5.98. The zero-order valence-electron chi connectivity index (χ0n) is 14.3. The zero-order chi connectivity index (χ0) is 20.3. The number of halogens is 1. The first-order chi connectivity index (χ1) is 13.4. The number of amides is 2. The van der Waals surface area contributed by atoms with Crippen LogP contribution in [-0.2, 0) is 9.59 Å². The first-order valence-electron chi connectivity index (χ1n) is 8.05. The van der Waals surface area contributed by atoms with Gasteiger partial charge in [-0.25, -0.2) is 0 Å². The quantitative estimate of drug-likeness (QED) is 0.403. The number of anilines is 1. The first kappa shape index (κ1) is 19.9. The third kappa shape index (κ3) is 4.50. The van der Waals surface area contributed by atoms with Crippen LogP contribution in [0.3, 0.4) is 0 Å². The molecule has 0 saturated carbocycles. The van der Waals surface area contributed by atoms with E-state index in [1.165, 1.54) is 23.9 Å². The number of rotatable bonds is 7. The van der Waals surface area contributed by atoms with E-state index in [1.807, 2.05) is 0 Å². The molecule has 2 aromatic carbocycles. The number of hydrogen-bond donors (Lipinski definition) is 2. The SMILES string of the molecule is O=C1C=C(Nc2cc(Sc3ccc(Cl)cc3)cc([N+](=O)[O-])c2)C(=O)N1CCO. The van der Waals surface area contributed by atoms with Gasteiger partial charge in [0, 0.05) is 38.7 Å². The van der Waals surface area contributed by atoms with Gasteiger partial charge in [-0.3, -0.25) is 24.6 Å². The molecule has 1 aliphatic rings. The van der Waals surface area contributed by atoms with E-state index in [-0.39, 0.29) is 24.5 Å². The summed E-state index contributed by atoms with van der Waals surface area (Å²) in [4.78, 5) is 37.1. The lowest BCUT2D eigenvalue weighted by atomic mass is 10.2. The van der Waals surface area contributed by atoms with E-state index in [0.29, 0.717) is 15.6 Å². The maximum Gasteiger partial charge on any atom is 0.277 e. The number of β-amino-alcohol motifs (C(OH)–C–C–N with tert-alkyl or cyclic N) is 1. The molecular weight excluding hydrogens is 406 g/mol. The van der Waals surface area contributed by atoms with E-state index in [1.54, 1.807) is 30.3 Å². The molecular formula is C18H14ClN3O5S. The average molecular weight is 420 g/mol. The van der Waals surface area contributed by atoms with Gasteiger partial charge < -0.3 is 10.4 Å². The molecule has 0 saturated heterocycles. The van der Waals surface area contributed by atoms with Crippen molar-refractivity contribution in [3.63, 3.8) is 0 Å². The van der Waals surface area contributed by atoms with Crippen LogP contribution in [0.2, 0.25) is 5.02 Å². The molecule has 0 aliphatic carbocycles. The number of aliphatic hydroxyl groups excluding tert-OH is 1. The summed E-state index contributed by atoms with van der Waals surface area (Å²) < 4.78 is 0. The van der Waals surface area contributed by atoms with Gasteiger partial charge in [0.25, 0.3) is 17.5 Å². The van der Waals surface area contributed by atoms with Crippen LogP contribution in [0.15, 0.2) is 64.0 Å². The van der Waals surface area contributed by atoms with Crippen molar-refractivity contribution >= 4 is 46.6 Å². The number of nitrogens with one attached hydrogen (secondary N) is 1. The van der Waals surface area contributed by atoms with Crippen LogP contribution in [0.5, 0.6) is 0 Å². The Morgan fingerprint density at radius 3 is 2.50 bits per heavy atom. The molecule has 0 bridgehead atoms. The second kappa shape index (κ2) is 8.42. The number of nitro groups is 1. The van der Waals surface area contributed by atoms with Crippen molar-refractivity contribution < 1.29 is 19.6 Å². The normalized spacial score (nSPS) is 13.6. The second-order valence-corrected chi connectivity index (χ2v) is 7.31. The summed E-state index contributed by atoms with van der Waals surface area (Å²) >= 11 is 7.16. The number of hydrogen-bond acceptors (Lipinski definition) is 7. The minimum absolute atomic E-state index is 0.0126. The highest BCUT2D eigenvalue weighted by Crippen LogP contribution is 2.34. The van der Waals surface area contributed by atoms with Crippen LogP contribution in [0, 0.1) is 10.1 Å². The van der Waals surface area contributed by atoms with Gasteiger partial charge in [-0.05, 0) is 30.3 Å². The third-order valence-electron chi connectivity index (χ3n) is 3.76. The second-order valence-electron chi connectivity index (χ2n) is 5.73. The molecule has 0 spiro atoms. The molecule has 0 unspecified atom stereocenters. The third-order valence-corrected chi connectivity index (χ3v) is 4.99. The smallest absolute Gasteiger partial charge is 0.277 e. The maximum absolute atomic E-state index is 12.2. The Morgan fingerprint density at radius 2 is 1.86 bits per heavy atom. The van der Waals surface area contributed by atoms with Crippen molar-refractivity contribution in [2.24, 2.45) is 0 Å². The van der Waals surface area contributed by atoms with Crippen LogP contribution >= 0.6 is 23.4 Å². The van der Waals surface area contributed by atoms with Gasteiger partial charge in [-0.15, -0.1) is 0 Å². The van der Waals surface area contributed by atoms with Crippen molar-refractivity contribution in [1.29, 1.82) is 0 Å². The summed E-state index contributed by atoms with van der Waals surface area (Å²) in [6, 6.07) is 11.3. The predicted molar refractivity (Wildman–Crippen MR) is 104 cm³/mol. The number of imide groups is 1. The van der Waals surface area contributed by atoms with Crippen LogP contribution < -0.4 is 5.32 Å². The number of nitro benzene ring substituents is 1. The molecule has 8 nitrogen and oxygen atoms in total. The molecule has 2 N–H and O–H groups in total.